The zero-order chi connectivity index (χ0) is 9.15. The molecule has 0 heterocycles. The van der Waals surface area contributed by atoms with Gasteiger partial charge in [-0.15, -0.1) is 0 Å². The fourth-order valence-corrected chi connectivity index (χ4v) is 1.44. The zero-order valence-corrected chi connectivity index (χ0v) is 7.74. The molecule has 0 unspecified atom stereocenters. The minimum absolute atomic E-state index is 0.343. The van der Waals surface area contributed by atoms with Crippen LogP contribution in [0, 0.1) is 5.41 Å². The molecule has 0 aromatic heterocycles. The monoisotopic (exact) mass is 173 g/mol. The van der Waals surface area contributed by atoms with E-state index >= 15 is 0 Å². The van der Waals surface area contributed by atoms with E-state index in [1.807, 2.05) is 6.07 Å². The van der Waals surface area contributed by atoms with Crippen molar-refractivity contribution in [2.45, 2.75) is 12.8 Å². The third kappa shape index (κ3) is 1.99. The highest BCUT2D eigenvalue weighted by Crippen LogP contribution is 2.46. The second-order valence-electron chi connectivity index (χ2n) is 3.81. The van der Waals surface area contributed by atoms with Crippen LogP contribution in [0.1, 0.15) is 18.4 Å². The molecule has 0 aliphatic heterocycles. The first kappa shape index (κ1) is 8.52. The van der Waals surface area contributed by atoms with Crippen molar-refractivity contribution in [3.8, 4) is 0 Å². The van der Waals surface area contributed by atoms with Crippen LogP contribution in [-0.2, 0) is 0 Å². The van der Waals surface area contributed by atoms with E-state index < -0.39 is 0 Å². The molecule has 0 bridgehead atoms. The van der Waals surface area contributed by atoms with Gasteiger partial charge in [0.2, 0.25) is 0 Å². The van der Waals surface area contributed by atoms with E-state index in [-0.39, 0.29) is 0 Å². The Hall–Kier alpha value is -1.08. The van der Waals surface area contributed by atoms with Gasteiger partial charge in [0.25, 0.3) is 0 Å². The highest BCUT2D eigenvalue weighted by Gasteiger charge is 2.38. The van der Waals surface area contributed by atoms with Gasteiger partial charge >= 0.3 is 0 Å². The van der Waals surface area contributed by atoms with Crippen LogP contribution in [0.5, 0.6) is 0 Å². The van der Waals surface area contributed by atoms with E-state index in [2.05, 4.69) is 36.4 Å². The lowest BCUT2D eigenvalue weighted by Gasteiger charge is -2.03. The Bertz CT molecular complexity index is 296. The van der Waals surface area contributed by atoms with Crippen molar-refractivity contribution >= 4 is 6.08 Å². The molecule has 0 atom stereocenters. The molecule has 1 aromatic carbocycles. The molecule has 0 saturated heterocycles. The number of hydrogen-bond donors (Lipinski definition) is 1. The molecule has 1 aliphatic carbocycles. The van der Waals surface area contributed by atoms with Gasteiger partial charge in [-0.25, -0.2) is 0 Å². The summed E-state index contributed by atoms with van der Waals surface area (Å²) in [6.45, 7) is 0.788. The van der Waals surface area contributed by atoms with Gasteiger partial charge in [-0.2, -0.15) is 0 Å². The molecule has 1 saturated carbocycles. The van der Waals surface area contributed by atoms with E-state index in [4.69, 9.17) is 5.73 Å². The summed E-state index contributed by atoms with van der Waals surface area (Å²) in [5.41, 5.74) is 7.29. The molecule has 0 radical (unpaired) electrons. The van der Waals surface area contributed by atoms with Gasteiger partial charge in [0.1, 0.15) is 0 Å². The lowest BCUT2D eigenvalue weighted by atomic mass is 10.1. The Morgan fingerprint density at radius 3 is 2.46 bits per heavy atom. The molecule has 68 valence electrons. The molecule has 0 spiro atoms. The maximum Gasteiger partial charge on any atom is 0.00143 e. The van der Waals surface area contributed by atoms with Crippen LogP contribution in [0.15, 0.2) is 36.4 Å². The van der Waals surface area contributed by atoms with Gasteiger partial charge in [0, 0.05) is 12.0 Å². The maximum absolute atomic E-state index is 5.68. The highest BCUT2D eigenvalue weighted by atomic mass is 14.6. The van der Waals surface area contributed by atoms with Crippen LogP contribution in [0.3, 0.4) is 0 Å². The second-order valence-corrected chi connectivity index (χ2v) is 3.81. The largest absolute Gasteiger partial charge is 0.330 e. The molecule has 2 N–H and O–H groups in total. The number of hydrogen-bond acceptors (Lipinski definition) is 1. The van der Waals surface area contributed by atoms with E-state index in [0.717, 1.165) is 6.54 Å². The van der Waals surface area contributed by atoms with Gasteiger partial charge in [-0.05, 0) is 18.4 Å². The molecule has 1 fully saturated rings. The molecule has 1 aromatic rings. The van der Waals surface area contributed by atoms with Gasteiger partial charge in [0.15, 0.2) is 0 Å². The Kier molecular flexibility index (Phi) is 2.19. The molecule has 1 aliphatic rings. The average Bonchev–Trinajstić information content (AvgIpc) is 2.97. The Labute approximate surface area is 79.3 Å². The normalized spacial score (nSPS) is 19.2. The van der Waals surface area contributed by atoms with Crippen molar-refractivity contribution in [3.63, 3.8) is 0 Å². The SMILES string of the molecule is NCC1(/C=C/c2ccccc2)CC1. The predicted molar refractivity (Wildman–Crippen MR) is 56.2 cm³/mol. The lowest BCUT2D eigenvalue weighted by molar-refractivity contribution is 0.670. The van der Waals surface area contributed by atoms with E-state index in [0.29, 0.717) is 5.41 Å². The fraction of sp³-hybridized carbons (Fsp3) is 0.333. The van der Waals surface area contributed by atoms with Crippen LogP contribution < -0.4 is 5.73 Å². The third-order valence-electron chi connectivity index (χ3n) is 2.73. The summed E-state index contributed by atoms with van der Waals surface area (Å²) < 4.78 is 0. The summed E-state index contributed by atoms with van der Waals surface area (Å²) in [4.78, 5) is 0. The summed E-state index contributed by atoms with van der Waals surface area (Å²) in [5, 5.41) is 0. The number of rotatable bonds is 3. The molecule has 0 amide bonds. The first-order valence-corrected chi connectivity index (χ1v) is 4.79. The standard InChI is InChI=1S/C12H15N/c13-10-12(8-9-12)7-6-11-4-2-1-3-5-11/h1-7H,8-10,13H2/b7-6+. The smallest absolute Gasteiger partial charge is 0.00143 e. The maximum atomic E-state index is 5.68. The summed E-state index contributed by atoms with van der Waals surface area (Å²) in [5.74, 6) is 0. The Morgan fingerprint density at radius 2 is 1.92 bits per heavy atom. The molecular weight excluding hydrogens is 158 g/mol. The van der Waals surface area contributed by atoms with Gasteiger partial charge < -0.3 is 5.73 Å². The van der Waals surface area contributed by atoms with Crippen LogP contribution in [-0.4, -0.2) is 6.54 Å². The predicted octanol–water partition coefficient (Wildman–Crippen LogP) is 2.44. The molecule has 13 heavy (non-hydrogen) atoms. The topological polar surface area (TPSA) is 26.0 Å². The number of benzene rings is 1. The fourth-order valence-electron chi connectivity index (χ4n) is 1.44. The quantitative estimate of drug-likeness (QED) is 0.746. The molecule has 2 rings (SSSR count). The molecule has 1 heteroatoms. The number of nitrogens with two attached hydrogens (primary N) is 1. The van der Waals surface area contributed by atoms with Gasteiger partial charge in [-0.3, -0.25) is 0 Å². The first-order valence-electron chi connectivity index (χ1n) is 4.79. The Morgan fingerprint density at radius 1 is 1.23 bits per heavy atom. The summed E-state index contributed by atoms with van der Waals surface area (Å²) in [6, 6.07) is 10.4. The highest BCUT2D eigenvalue weighted by molar-refractivity contribution is 5.50. The van der Waals surface area contributed by atoms with Gasteiger partial charge in [-0.1, -0.05) is 42.5 Å². The second kappa shape index (κ2) is 3.35. The van der Waals surface area contributed by atoms with Crippen molar-refractivity contribution in [1.29, 1.82) is 0 Å². The van der Waals surface area contributed by atoms with Crippen molar-refractivity contribution in [1.82, 2.24) is 0 Å². The van der Waals surface area contributed by atoms with Gasteiger partial charge in [0.05, 0.1) is 0 Å². The summed E-state index contributed by atoms with van der Waals surface area (Å²) in [7, 11) is 0. The summed E-state index contributed by atoms with van der Waals surface area (Å²) >= 11 is 0. The van der Waals surface area contributed by atoms with E-state index in [1.54, 1.807) is 0 Å². The first-order chi connectivity index (χ1) is 6.35. The minimum atomic E-state index is 0.343. The Balaban J connectivity index is 2.06. The van der Waals surface area contributed by atoms with Crippen molar-refractivity contribution in [3.05, 3.63) is 42.0 Å². The lowest BCUT2D eigenvalue weighted by Crippen LogP contribution is -2.12. The average molecular weight is 173 g/mol. The van der Waals surface area contributed by atoms with Crippen LogP contribution in [0.2, 0.25) is 0 Å². The van der Waals surface area contributed by atoms with Crippen molar-refractivity contribution < 1.29 is 0 Å². The minimum Gasteiger partial charge on any atom is -0.330 e. The van der Waals surface area contributed by atoms with Crippen molar-refractivity contribution in [2.24, 2.45) is 11.1 Å². The molecule has 1 nitrogen and oxygen atoms in total. The van der Waals surface area contributed by atoms with Crippen LogP contribution in [0.4, 0.5) is 0 Å². The van der Waals surface area contributed by atoms with Crippen LogP contribution in [0.25, 0.3) is 6.08 Å². The van der Waals surface area contributed by atoms with Crippen molar-refractivity contribution in [2.75, 3.05) is 6.54 Å². The van der Waals surface area contributed by atoms with E-state index in [1.165, 1.54) is 18.4 Å². The zero-order valence-electron chi connectivity index (χ0n) is 7.74. The third-order valence-corrected chi connectivity index (χ3v) is 2.73. The van der Waals surface area contributed by atoms with Crippen LogP contribution >= 0.6 is 0 Å². The molecular formula is C12H15N. The summed E-state index contributed by atoms with van der Waals surface area (Å²) in [6.07, 6.45) is 6.96. The van der Waals surface area contributed by atoms with E-state index in [9.17, 15) is 0 Å².